The quantitative estimate of drug-likeness (QED) is 0.648. The van der Waals surface area contributed by atoms with Crippen molar-refractivity contribution in [3.8, 4) is 0 Å². The van der Waals surface area contributed by atoms with E-state index >= 15 is 0 Å². The van der Waals surface area contributed by atoms with E-state index < -0.39 is 31.3 Å². The summed E-state index contributed by atoms with van der Waals surface area (Å²) in [5, 5.41) is 14.1. The molecule has 116 valence electrons. The van der Waals surface area contributed by atoms with Crippen LogP contribution < -0.4 is 5.32 Å². The van der Waals surface area contributed by atoms with Crippen molar-refractivity contribution in [3.63, 3.8) is 0 Å². The number of hydrogen-bond donors (Lipinski definition) is 1. The molecule has 1 saturated heterocycles. The van der Waals surface area contributed by atoms with Gasteiger partial charge in [-0.25, -0.2) is 8.42 Å². The summed E-state index contributed by atoms with van der Waals surface area (Å²) in [7, 11) is -2.78. The molecule has 9 heteroatoms. The second kappa shape index (κ2) is 6.04. The highest BCUT2D eigenvalue weighted by Crippen LogP contribution is 2.28. The molecule has 1 fully saturated rings. The normalized spacial score (nSPS) is 19.1. The lowest BCUT2D eigenvalue weighted by atomic mass is 10.2. The second-order valence-electron chi connectivity index (χ2n) is 4.92. The molecule has 0 radical (unpaired) electrons. The minimum atomic E-state index is -4.11. The molecule has 1 N–H and O–H groups in total. The van der Waals surface area contributed by atoms with Gasteiger partial charge in [-0.15, -0.1) is 0 Å². The molecule has 1 aromatic carbocycles. The molecule has 0 amide bonds. The summed E-state index contributed by atoms with van der Waals surface area (Å²) >= 11 is 0. The van der Waals surface area contributed by atoms with Crippen LogP contribution in [0.3, 0.4) is 0 Å². The van der Waals surface area contributed by atoms with Crippen LogP contribution in [-0.4, -0.2) is 43.8 Å². The predicted molar refractivity (Wildman–Crippen MR) is 73.9 cm³/mol. The molecule has 7 nitrogen and oxygen atoms in total. The van der Waals surface area contributed by atoms with E-state index in [1.54, 1.807) is 0 Å². The van der Waals surface area contributed by atoms with E-state index in [2.05, 4.69) is 5.32 Å². The standard InChI is InChI=1S/C12H16FN3O4S/c1-15(8-9-4-3-7-14-9)21(19,20)11-6-2-5-10(13)12(11)16(17)18/h2,5-6,9,14H,3-4,7-8H2,1H3. The average molecular weight is 317 g/mol. The number of nitrogens with one attached hydrogen (secondary N) is 1. The molecular formula is C12H16FN3O4S. The molecule has 0 spiro atoms. The zero-order chi connectivity index (χ0) is 15.6. The fraction of sp³-hybridized carbons (Fsp3) is 0.500. The topological polar surface area (TPSA) is 92.6 Å². The van der Waals surface area contributed by atoms with Crippen molar-refractivity contribution in [3.05, 3.63) is 34.1 Å². The highest BCUT2D eigenvalue weighted by atomic mass is 32.2. The molecule has 1 aliphatic rings. The number of sulfonamides is 1. The number of nitrogens with zero attached hydrogens (tertiary/aromatic N) is 2. The van der Waals surface area contributed by atoms with Gasteiger partial charge >= 0.3 is 5.69 Å². The molecule has 0 bridgehead atoms. The summed E-state index contributed by atoms with van der Waals surface area (Å²) in [6.07, 6.45) is 1.80. The van der Waals surface area contributed by atoms with Crippen molar-refractivity contribution >= 4 is 15.7 Å². The zero-order valence-corrected chi connectivity index (χ0v) is 12.3. The minimum absolute atomic E-state index is 0.0115. The SMILES string of the molecule is CN(CC1CCCN1)S(=O)(=O)c1cccc(F)c1[N+](=O)[O-]. The summed E-state index contributed by atoms with van der Waals surface area (Å²) in [5.74, 6) is -1.16. The number of rotatable bonds is 5. The van der Waals surface area contributed by atoms with Gasteiger partial charge in [0.25, 0.3) is 0 Å². The predicted octanol–water partition coefficient (Wildman–Crippen LogP) is 1.11. The summed E-state index contributed by atoms with van der Waals surface area (Å²) in [5.41, 5.74) is -1.01. The Labute approximate surface area is 122 Å². The maximum absolute atomic E-state index is 13.6. The van der Waals surface area contributed by atoms with Crippen LogP contribution in [0.2, 0.25) is 0 Å². The molecule has 1 aromatic rings. The van der Waals surface area contributed by atoms with Crippen LogP contribution in [0.15, 0.2) is 23.1 Å². The van der Waals surface area contributed by atoms with Crippen LogP contribution in [-0.2, 0) is 10.0 Å². The Hall–Kier alpha value is -1.58. The number of likely N-dealkylation sites (N-methyl/N-ethyl adjacent to an activating group) is 1. The van der Waals surface area contributed by atoms with Crippen molar-refractivity contribution in [1.29, 1.82) is 0 Å². The lowest BCUT2D eigenvalue weighted by Gasteiger charge is -2.21. The number of hydrogen-bond acceptors (Lipinski definition) is 5. The molecule has 0 saturated carbocycles. The Bertz CT molecular complexity index is 644. The van der Waals surface area contributed by atoms with Crippen LogP contribution in [0, 0.1) is 15.9 Å². The fourth-order valence-corrected chi connectivity index (χ4v) is 3.75. The lowest BCUT2D eigenvalue weighted by molar-refractivity contribution is -0.390. The average Bonchev–Trinajstić information content (AvgIpc) is 2.90. The van der Waals surface area contributed by atoms with Gasteiger partial charge in [-0.05, 0) is 31.5 Å². The van der Waals surface area contributed by atoms with Gasteiger partial charge in [0.1, 0.15) is 0 Å². The number of nitro benzene ring substituents is 1. The molecule has 1 heterocycles. The number of halogens is 1. The van der Waals surface area contributed by atoms with Crippen molar-refractivity contribution < 1.29 is 17.7 Å². The van der Waals surface area contributed by atoms with Crippen molar-refractivity contribution in [2.45, 2.75) is 23.8 Å². The van der Waals surface area contributed by atoms with Crippen LogP contribution >= 0.6 is 0 Å². The summed E-state index contributed by atoms with van der Waals surface area (Å²) in [6.45, 7) is 1.01. The minimum Gasteiger partial charge on any atom is -0.313 e. The van der Waals surface area contributed by atoms with Gasteiger partial charge in [-0.3, -0.25) is 10.1 Å². The maximum Gasteiger partial charge on any atom is 0.324 e. The van der Waals surface area contributed by atoms with Crippen LogP contribution in [0.1, 0.15) is 12.8 Å². The largest absolute Gasteiger partial charge is 0.324 e. The van der Waals surface area contributed by atoms with E-state index in [-0.39, 0.29) is 12.6 Å². The molecule has 21 heavy (non-hydrogen) atoms. The highest BCUT2D eigenvalue weighted by Gasteiger charge is 2.33. The fourth-order valence-electron chi connectivity index (χ4n) is 2.37. The smallest absolute Gasteiger partial charge is 0.313 e. The molecular weight excluding hydrogens is 301 g/mol. The molecule has 1 atom stereocenters. The third-order valence-corrected chi connectivity index (χ3v) is 5.32. The first-order valence-corrected chi connectivity index (χ1v) is 7.90. The first-order valence-electron chi connectivity index (χ1n) is 6.46. The summed E-state index contributed by atoms with van der Waals surface area (Å²) in [6, 6.07) is 3.08. The van der Waals surface area contributed by atoms with E-state index in [0.29, 0.717) is 0 Å². The molecule has 1 aliphatic heterocycles. The van der Waals surface area contributed by atoms with Crippen LogP contribution in [0.5, 0.6) is 0 Å². The first kappa shape index (κ1) is 15.8. The van der Waals surface area contributed by atoms with Gasteiger partial charge in [-0.1, -0.05) is 6.07 Å². The zero-order valence-electron chi connectivity index (χ0n) is 11.5. The Balaban J connectivity index is 2.34. The van der Waals surface area contributed by atoms with Crippen molar-refractivity contribution in [1.82, 2.24) is 9.62 Å². The number of benzene rings is 1. The Morgan fingerprint density at radius 3 is 2.81 bits per heavy atom. The molecule has 1 unspecified atom stereocenters. The first-order chi connectivity index (χ1) is 9.84. The number of para-hydroxylation sites is 1. The second-order valence-corrected chi connectivity index (χ2v) is 6.94. The lowest BCUT2D eigenvalue weighted by Crippen LogP contribution is -2.38. The van der Waals surface area contributed by atoms with Crippen LogP contribution in [0.25, 0.3) is 0 Å². The van der Waals surface area contributed by atoms with Gasteiger partial charge in [0.2, 0.25) is 15.8 Å². The Morgan fingerprint density at radius 1 is 1.52 bits per heavy atom. The van der Waals surface area contributed by atoms with E-state index in [9.17, 15) is 22.9 Å². The van der Waals surface area contributed by atoms with E-state index in [1.807, 2.05) is 0 Å². The van der Waals surface area contributed by atoms with E-state index in [0.717, 1.165) is 41.9 Å². The third-order valence-electron chi connectivity index (χ3n) is 3.46. The van der Waals surface area contributed by atoms with E-state index in [4.69, 9.17) is 0 Å². The summed E-state index contributed by atoms with van der Waals surface area (Å²) in [4.78, 5) is 9.30. The van der Waals surface area contributed by atoms with Gasteiger partial charge in [0, 0.05) is 19.6 Å². The monoisotopic (exact) mass is 317 g/mol. The maximum atomic E-state index is 13.6. The Morgan fingerprint density at radius 2 is 2.24 bits per heavy atom. The van der Waals surface area contributed by atoms with Gasteiger partial charge in [0.15, 0.2) is 4.90 Å². The van der Waals surface area contributed by atoms with Crippen LogP contribution in [0.4, 0.5) is 10.1 Å². The van der Waals surface area contributed by atoms with Gasteiger partial charge in [0.05, 0.1) is 4.92 Å². The van der Waals surface area contributed by atoms with Crippen molar-refractivity contribution in [2.24, 2.45) is 0 Å². The molecule has 0 aliphatic carbocycles. The Kier molecular flexibility index (Phi) is 4.55. The van der Waals surface area contributed by atoms with Gasteiger partial charge in [-0.2, -0.15) is 8.70 Å². The molecule has 0 aromatic heterocycles. The van der Waals surface area contributed by atoms with Gasteiger partial charge < -0.3 is 5.32 Å². The molecule has 2 rings (SSSR count). The van der Waals surface area contributed by atoms with Crippen molar-refractivity contribution in [2.75, 3.05) is 20.1 Å². The van der Waals surface area contributed by atoms with E-state index in [1.165, 1.54) is 7.05 Å². The summed E-state index contributed by atoms with van der Waals surface area (Å²) < 4.78 is 39.4. The highest BCUT2D eigenvalue weighted by molar-refractivity contribution is 7.89. The third kappa shape index (κ3) is 3.20. The number of nitro groups is 1.